The molecule has 8 heteroatoms. The molecule has 0 aliphatic rings. The zero-order valence-corrected chi connectivity index (χ0v) is 17.2. The van der Waals surface area contributed by atoms with Crippen LogP contribution < -0.4 is 5.32 Å². The van der Waals surface area contributed by atoms with Crippen LogP contribution in [0.25, 0.3) is 28.2 Å². The Hall–Kier alpha value is -4.41. The van der Waals surface area contributed by atoms with Gasteiger partial charge in [0.25, 0.3) is 11.6 Å². The van der Waals surface area contributed by atoms with E-state index in [0.29, 0.717) is 17.0 Å². The Kier molecular flexibility index (Phi) is 5.71. The van der Waals surface area contributed by atoms with Crippen LogP contribution in [0.15, 0.2) is 82.8 Å². The van der Waals surface area contributed by atoms with E-state index in [-0.39, 0.29) is 22.0 Å². The molecule has 1 aromatic heterocycles. The summed E-state index contributed by atoms with van der Waals surface area (Å²) >= 11 is 6.14. The van der Waals surface area contributed by atoms with Crippen molar-refractivity contribution in [2.24, 2.45) is 0 Å². The van der Waals surface area contributed by atoms with Crippen LogP contribution in [0.4, 0.5) is 11.4 Å². The third-order valence-corrected chi connectivity index (χ3v) is 5.06. The highest BCUT2D eigenvalue weighted by atomic mass is 35.5. The van der Waals surface area contributed by atoms with Gasteiger partial charge in [0, 0.05) is 34.8 Å². The zero-order valence-electron chi connectivity index (χ0n) is 16.4. The zero-order chi connectivity index (χ0) is 22.7. The Balaban J connectivity index is 1.59. The highest BCUT2D eigenvalue weighted by Crippen LogP contribution is 2.32. The molecule has 0 fully saturated rings. The van der Waals surface area contributed by atoms with Gasteiger partial charge in [0.2, 0.25) is 0 Å². The van der Waals surface area contributed by atoms with Crippen molar-refractivity contribution in [3.63, 3.8) is 0 Å². The number of furan rings is 1. The van der Waals surface area contributed by atoms with Crippen LogP contribution >= 0.6 is 11.6 Å². The molecule has 0 aliphatic carbocycles. The summed E-state index contributed by atoms with van der Waals surface area (Å²) in [7, 11) is 0. The molecule has 4 rings (SSSR count). The molecule has 0 bridgehead atoms. The molecule has 0 unspecified atom stereocenters. The molecular weight excluding hydrogens is 430 g/mol. The van der Waals surface area contributed by atoms with Crippen molar-refractivity contribution in [2.45, 2.75) is 0 Å². The maximum Gasteiger partial charge on any atom is 0.270 e. The van der Waals surface area contributed by atoms with Gasteiger partial charge in [0.05, 0.1) is 9.95 Å². The maximum absolute atomic E-state index is 12.7. The largest absolute Gasteiger partial charge is 0.457 e. The van der Waals surface area contributed by atoms with Gasteiger partial charge >= 0.3 is 0 Å². The molecule has 0 spiro atoms. The highest BCUT2D eigenvalue weighted by molar-refractivity contribution is 6.33. The first-order chi connectivity index (χ1) is 15.5. The van der Waals surface area contributed by atoms with E-state index < -0.39 is 10.8 Å². The minimum Gasteiger partial charge on any atom is -0.457 e. The fraction of sp³-hybridized carbons (Fsp3) is 0. The van der Waals surface area contributed by atoms with Crippen LogP contribution in [0.5, 0.6) is 0 Å². The first-order valence-electron chi connectivity index (χ1n) is 9.41. The molecule has 0 saturated heterocycles. The number of fused-ring (bicyclic) bond motifs is 1. The average Bonchev–Trinajstić information content (AvgIpc) is 3.25. The van der Waals surface area contributed by atoms with Crippen molar-refractivity contribution in [3.8, 4) is 17.4 Å². The van der Waals surface area contributed by atoms with Crippen LogP contribution in [-0.4, -0.2) is 10.8 Å². The number of halogens is 1. The van der Waals surface area contributed by atoms with Gasteiger partial charge in [-0.2, -0.15) is 5.26 Å². The predicted molar refractivity (Wildman–Crippen MR) is 122 cm³/mol. The summed E-state index contributed by atoms with van der Waals surface area (Å²) in [6.45, 7) is 0. The molecule has 156 valence electrons. The second-order valence-corrected chi connectivity index (χ2v) is 7.18. The van der Waals surface area contributed by atoms with E-state index in [1.165, 1.54) is 24.3 Å². The molecule has 1 heterocycles. The summed E-state index contributed by atoms with van der Waals surface area (Å²) in [5.41, 5.74) is 0.763. The number of carbonyl (C=O) groups is 1. The van der Waals surface area contributed by atoms with E-state index in [4.69, 9.17) is 16.0 Å². The monoisotopic (exact) mass is 443 g/mol. The van der Waals surface area contributed by atoms with Gasteiger partial charge in [0.1, 0.15) is 23.2 Å². The van der Waals surface area contributed by atoms with Crippen molar-refractivity contribution < 1.29 is 14.1 Å². The van der Waals surface area contributed by atoms with Gasteiger partial charge in [0.15, 0.2) is 0 Å². The summed E-state index contributed by atoms with van der Waals surface area (Å²) in [5, 5.41) is 25.1. The molecule has 0 atom stereocenters. The molecule has 0 aliphatic heterocycles. The number of benzene rings is 3. The number of nitrogens with zero attached hydrogens (tertiary/aromatic N) is 2. The average molecular weight is 444 g/mol. The van der Waals surface area contributed by atoms with Gasteiger partial charge in [-0.3, -0.25) is 14.9 Å². The molecule has 1 N–H and O–H groups in total. The maximum atomic E-state index is 12.7. The number of anilines is 1. The van der Waals surface area contributed by atoms with E-state index in [0.717, 1.165) is 10.8 Å². The predicted octanol–water partition coefficient (Wildman–Crippen LogP) is 6.21. The molecule has 3 aromatic carbocycles. The van der Waals surface area contributed by atoms with Crippen LogP contribution in [0.1, 0.15) is 5.76 Å². The lowest BCUT2D eigenvalue weighted by atomic mass is 10.1. The van der Waals surface area contributed by atoms with Crippen LogP contribution in [0.2, 0.25) is 5.02 Å². The lowest BCUT2D eigenvalue weighted by Crippen LogP contribution is -2.13. The van der Waals surface area contributed by atoms with Gasteiger partial charge in [-0.1, -0.05) is 48.0 Å². The quantitative estimate of drug-likeness (QED) is 0.171. The third kappa shape index (κ3) is 4.21. The summed E-state index contributed by atoms with van der Waals surface area (Å²) in [4.78, 5) is 23.0. The van der Waals surface area contributed by atoms with Gasteiger partial charge < -0.3 is 9.73 Å². The number of hydrogen-bond acceptors (Lipinski definition) is 5. The Morgan fingerprint density at radius 2 is 1.88 bits per heavy atom. The van der Waals surface area contributed by atoms with Crippen molar-refractivity contribution >= 4 is 45.7 Å². The smallest absolute Gasteiger partial charge is 0.270 e. The van der Waals surface area contributed by atoms with Crippen molar-refractivity contribution in [1.29, 1.82) is 5.26 Å². The van der Waals surface area contributed by atoms with Crippen LogP contribution in [0, 0.1) is 21.4 Å². The number of carbonyl (C=O) groups excluding carboxylic acids is 1. The van der Waals surface area contributed by atoms with Crippen LogP contribution in [0.3, 0.4) is 0 Å². The standard InChI is InChI=1S/C24H14ClN3O4/c25-21-13-17(28(30)31)8-10-20(21)23-11-9-18(32-23)12-16(14-26)24(29)27-22-7-3-5-15-4-1-2-6-19(15)22/h1-13H,(H,27,29)/b16-12+. The SMILES string of the molecule is N#C/C(=C\c1ccc(-c2ccc([N+](=O)[O-])cc2Cl)o1)C(=O)Nc1cccc2ccccc12. The fourth-order valence-electron chi connectivity index (χ4n) is 3.21. The topological polar surface area (TPSA) is 109 Å². The molecule has 4 aromatic rings. The van der Waals surface area contributed by atoms with Gasteiger partial charge in [-0.25, -0.2) is 0 Å². The fourth-order valence-corrected chi connectivity index (χ4v) is 3.48. The third-order valence-electron chi connectivity index (χ3n) is 4.75. The minimum absolute atomic E-state index is 0.137. The lowest BCUT2D eigenvalue weighted by Gasteiger charge is -2.08. The molecule has 0 radical (unpaired) electrons. The summed E-state index contributed by atoms with van der Waals surface area (Å²) < 4.78 is 5.69. The normalized spacial score (nSPS) is 11.2. The second kappa shape index (κ2) is 8.76. The number of nitro groups is 1. The van der Waals surface area contributed by atoms with E-state index in [9.17, 15) is 20.2 Å². The first-order valence-corrected chi connectivity index (χ1v) is 9.79. The molecule has 0 saturated carbocycles. The molecule has 1 amide bonds. The number of nitrogens with one attached hydrogen (secondary N) is 1. The number of non-ortho nitro benzene ring substituents is 1. The molecule has 32 heavy (non-hydrogen) atoms. The Morgan fingerprint density at radius 1 is 1.09 bits per heavy atom. The highest BCUT2D eigenvalue weighted by Gasteiger charge is 2.15. The van der Waals surface area contributed by atoms with E-state index in [1.54, 1.807) is 18.2 Å². The number of amides is 1. The van der Waals surface area contributed by atoms with E-state index in [2.05, 4.69) is 5.32 Å². The van der Waals surface area contributed by atoms with Crippen LogP contribution in [-0.2, 0) is 4.79 Å². The van der Waals surface area contributed by atoms with Gasteiger partial charge in [-0.05, 0) is 29.7 Å². The van der Waals surface area contributed by atoms with E-state index in [1.807, 2.05) is 42.5 Å². The number of rotatable bonds is 5. The molecule has 7 nitrogen and oxygen atoms in total. The van der Waals surface area contributed by atoms with Crippen molar-refractivity contribution in [2.75, 3.05) is 5.32 Å². The van der Waals surface area contributed by atoms with E-state index >= 15 is 0 Å². The summed E-state index contributed by atoms with van der Waals surface area (Å²) in [6, 6.07) is 22.2. The van der Waals surface area contributed by atoms with Gasteiger partial charge in [-0.15, -0.1) is 0 Å². The lowest BCUT2D eigenvalue weighted by molar-refractivity contribution is -0.384. The Morgan fingerprint density at radius 3 is 2.62 bits per heavy atom. The van der Waals surface area contributed by atoms with Crippen molar-refractivity contribution in [1.82, 2.24) is 0 Å². The first kappa shape index (κ1) is 20.8. The number of nitriles is 1. The summed E-state index contributed by atoms with van der Waals surface area (Å²) in [5.74, 6) is 0.0390. The summed E-state index contributed by atoms with van der Waals surface area (Å²) in [6.07, 6.45) is 1.32. The van der Waals surface area contributed by atoms with Crippen molar-refractivity contribution in [3.05, 3.63) is 99.3 Å². The number of hydrogen-bond donors (Lipinski definition) is 1. The second-order valence-electron chi connectivity index (χ2n) is 6.77. The minimum atomic E-state index is -0.574. The Labute approximate surface area is 187 Å². The Bertz CT molecular complexity index is 1430. The molecular formula is C24H14ClN3O4. The number of nitro benzene ring substituents is 1.